The molecule has 120 valence electrons. The fourth-order valence-corrected chi connectivity index (χ4v) is 2.73. The molecule has 2 aromatic rings. The number of nitrogens with one attached hydrogen (secondary N) is 1. The Morgan fingerprint density at radius 2 is 1.39 bits per heavy atom. The molecule has 1 N–H and O–H groups in total. The monoisotopic (exact) mass is 311 g/mol. The molecule has 0 aliphatic carbocycles. The lowest BCUT2D eigenvalue weighted by molar-refractivity contribution is -0.137. The summed E-state index contributed by atoms with van der Waals surface area (Å²) in [6.07, 6.45) is -0.861. The molecule has 1 aliphatic heterocycles. The Balaban J connectivity index is 1.61. The minimum absolute atomic E-state index is 0.0630. The second-order valence-corrected chi connectivity index (χ2v) is 5.78. The Hall–Kier alpha value is -2.17. The van der Waals surface area contributed by atoms with Gasteiger partial charge in [-0.2, -0.15) is 0 Å². The maximum absolute atomic E-state index is 12.1. The molecule has 0 radical (unpaired) electrons. The third-order valence-corrected chi connectivity index (χ3v) is 3.98. The smallest absolute Gasteiger partial charge is 0.252 e. The molecule has 1 heterocycles. The fourth-order valence-electron chi connectivity index (χ4n) is 2.73. The van der Waals surface area contributed by atoms with Crippen molar-refractivity contribution in [3.63, 3.8) is 0 Å². The second kappa shape index (κ2) is 7.40. The van der Waals surface area contributed by atoms with Crippen LogP contribution in [0.2, 0.25) is 0 Å². The zero-order valence-electron chi connectivity index (χ0n) is 13.1. The molecular weight excluding hydrogens is 290 g/mol. The van der Waals surface area contributed by atoms with E-state index >= 15 is 0 Å². The molecule has 2 aromatic carbocycles. The standard InChI is InChI=1S/C19H21NO3/c1-14-17(22-12-15-8-4-2-5-9-15)18(19(21)20-14)23-13-16-10-6-3-7-11-16/h2-11,14,17-18H,12-13H2,1H3,(H,20,21)/t14-,17-,18?/m1/s1. The summed E-state index contributed by atoms with van der Waals surface area (Å²) in [6.45, 7) is 2.81. The molecule has 0 aromatic heterocycles. The molecule has 3 atom stereocenters. The highest BCUT2D eigenvalue weighted by Crippen LogP contribution is 2.20. The summed E-state index contributed by atoms with van der Waals surface area (Å²) in [5.74, 6) is -0.105. The van der Waals surface area contributed by atoms with E-state index in [0.717, 1.165) is 11.1 Å². The number of amides is 1. The van der Waals surface area contributed by atoms with Crippen LogP contribution in [0.15, 0.2) is 60.7 Å². The average molecular weight is 311 g/mol. The van der Waals surface area contributed by atoms with Crippen molar-refractivity contribution < 1.29 is 14.3 Å². The lowest BCUT2D eigenvalue weighted by Gasteiger charge is -2.21. The van der Waals surface area contributed by atoms with Crippen molar-refractivity contribution in [2.24, 2.45) is 0 Å². The van der Waals surface area contributed by atoms with Crippen molar-refractivity contribution in [2.45, 2.75) is 38.4 Å². The number of benzene rings is 2. The first kappa shape index (κ1) is 15.7. The third-order valence-electron chi connectivity index (χ3n) is 3.98. The van der Waals surface area contributed by atoms with Gasteiger partial charge in [0.25, 0.3) is 5.91 Å². The highest BCUT2D eigenvalue weighted by Gasteiger charge is 2.41. The van der Waals surface area contributed by atoms with Gasteiger partial charge in [0.15, 0.2) is 6.10 Å². The quantitative estimate of drug-likeness (QED) is 0.892. The van der Waals surface area contributed by atoms with E-state index in [1.54, 1.807) is 0 Å². The fraction of sp³-hybridized carbons (Fsp3) is 0.316. The Morgan fingerprint density at radius 1 is 0.870 bits per heavy atom. The van der Waals surface area contributed by atoms with Gasteiger partial charge in [0, 0.05) is 0 Å². The van der Waals surface area contributed by atoms with Crippen LogP contribution in [-0.4, -0.2) is 24.2 Å². The number of rotatable bonds is 6. The van der Waals surface area contributed by atoms with E-state index in [-0.39, 0.29) is 18.1 Å². The normalized spacial score (nSPS) is 23.7. The van der Waals surface area contributed by atoms with Gasteiger partial charge in [-0.05, 0) is 18.1 Å². The number of hydrogen-bond donors (Lipinski definition) is 1. The Morgan fingerprint density at radius 3 is 1.96 bits per heavy atom. The van der Waals surface area contributed by atoms with Crippen LogP contribution >= 0.6 is 0 Å². The summed E-state index contributed by atoms with van der Waals surface area (Å²) < 4.78 is 11.8. The van der Waals surface area contributed by atoms with Gasteiger partial charge in [-0.1, -0.05) is 60.7 Å². The van der Waals surface area contributed by atoms with Crippen molar-refractivity contribution in [1.82, 2.24) is 5.32 Å². The summed E-state index contributed by atoms with van der Waals surface area (Å²) in [5.41, 5.74) is 2.13. The zero-order valence-corrected chi connectivity index (χ0v) is 13.1. The van der Waals surface area contributed by atoms with Crippen molar-refractivity contribution in [3.05, 3.63) is 71.8 Å². The maximum atomic E-state index is 12.1. The number of carbonyl (C=O) groups excluding carboxylic acids is 1. The summed E-state index contributed by atoms with van der Waals surface area (Å²) in [4.78, 5) is 12.1. The first-order valence-electron chi connectivity index (χ1n) is 7.85. The SMILES string of the molecule is C[C@H]1NC(=O)C(OCc2ccccc2)[C@@H]1OCc1ccccc1. The van der Waals surface area contributed by atoms with E-state index in [0.29, 0.717) is 13.2 Å². The second-order valence-electron chi connectivity index (χ2n) is 5.78. The molecular formula is C19H21NO3. The summed E-state index contributed by atoms with van der Waals surface area (Å²) in [5, 5.41) is 2.90. The number of hydrogen-bond acceptors (Lipinski definition) is 3. The molecule has 1 fully saturated rings. The third kappa shape index (κ3) is 3.97. The molecule has 4 heteroatoms. The van der Waals surface area contributed by atoms with Gasteiger partial charge in [-0.15, -0.1) is 0 Å². The molecule has 1 saturated heterocycles. The Kier molecular flexibility index (Phi) is 5.05. The highest BCUT2D eigenvalue weighted by molar-refractivity contribution is 5.84. The summed E-state index contributed by atoms with van der Waals surface area (Å²) in [6, 6.07) is 19.7. The average Bonchev–Trinajstić information content (AvgIpc) is 2.86. The molecule has 1 aliphatic rings. The van der Waals surface area contributed by atoms with Gasteiger partial charge >= 0.3 is 0 Å². The summed E-state index contributed by atoms with van der Waals surface area (Å²) >= 11 is 0. The van der Waals surface area contributed by atoms with E-state index in [4.69, 9.17) is 9.47 Å². The van der Waals surface area contributed by atoms with Crippen LogP contribution in [0.3, 0.4) is 0 Å². The first-order chi connectivity index (χ1) is 11.2. The van der Waals surface area contributed by atoms with E-state index in [1.165, 1.54) is 0 Å². The number of carbonyl (C=O) groups is 1. The van der Waals surface area contributed by atoms with Crippen LogP contribution in [-0.2, 0) is 27.5 Å². The van der Waals surface area contributed by atoms with Crippen molar-refractivity contribution >= 4 is 5.91 Å². The van der Waals surface area contributed by atoms with Gasteiger partial charge in [0.05, 0.1) is 19.3 Å². The van der Waals surface area contributed by atoms with Crippen LogP contribution in [0, 0.1) is 0 Å². The predicted molar refractivity (Wildman–Crippen MR) is 87.6 cm³/mol. The Labute approximate surface area is 136 Å². The molecule has 0 spiro atoms. The van der Waals surface area contributed by atoms with E-state index < -0.39 is 6.10 Å². The molecule has 0 saturated carbocycles. The van der Waals surface area contributed by atoms with Crippen LogP contribution in [0.4, 0.5) is 0 Å². The highest BCUT2D eigenvalue weighted by atomic mass is 16.5. The van der Waals surface area contributed by atoms with Crippen LogP contribution in [0.5, 0.6) is 0 Å². The van der Waals surface area contributed by atoms with E-state index in [1.807, 2.05) is 67.6 Å². The van der Waals surface area contributed by atoms with Gasteiger partial charge in [-0.25, -0.2) is 0 Å². The lowest BCUT2D eigenvalue weighted by atomic mass is 10.1. The molecule has 4 nitrogen and oxygen atoms in total. The van der Waals surface area contributed by atoms with Gasteiger partial charge < -0.3 is 14.8 Å². The zero-order chi connectivity index (χ0) is 16.1. The molecule has 1 amide bonds. The number of ether oxygens (including phenoxy) is 2. The van der Waals surface area contributed by atoms with Crippen LogP contribution in [0.1, 0.15) is 18.1 Å². The van der Waals surface area contributed by atoms with E-state index in [9.17, 15) is 4.79 Å². The summed E-state index contributed by atoms with van der Waals surface area (Å²) in [7, 11) is 0. The van der Waals surface area contributed by atoms with Crippen LogP contribution in [0.25, 0.3) is 0 Å². The predicted octanol–water partition coefficient (Wildman–Crippen LogP) is 2.68. The van der Waals surface area contributed by atoms with Gasteiger partial charge in [-0.3, -0.25) is 4.79 Å². The maximum Gasteiger partial charge on any atom is 0.252 e. The first-order valence-corrected chi connectivity index (χ1v) is 7.85. The minimum Gasteiger partial charge on any atom is -0.368 e. The van der Waals surface area contributed by atoms with Crippen molar-refractivity contribution in [2.75, 3.05) is 0 Å². The topological polar surface area (TPSA) is 47.6 Å². The molecule has 1 unspecified atom stereocenters. The minimum atomic E-state index is -0.575. The van der Waals surface area contributed by atoms with E-state index in [2.05, 4.69) is 5.32 Å². The Bertz CT molecular complexity index is 630. The molecule has 3 rings (SSSR count). The van der Waals surface area contributed by atoms with Crippen molar-refractivity contribution in [3.8, 4) is 0 Å². The van der Waals surface area contributed by atoms with Gasteiger partial charge in [0.1, 0.15) is 6.10 Å². The lowest BCUT2D eigenvalue weighted by Crippen LogP contribution is -2.35. The van der Waals surface area contributed by atoms with Crippen molar-refractivity contribution in [1.29, 1.82) is 0 Å². The van der Waals surface area contributed by atoms with Crippen LogP contribution < -0.4 is 5.32 Å². The molecule has 23 heavy (non-hydrogen) atoms. The van der Waals surface area contributed by atoms with Gasteiger partial charge in [0.2, 0.25) is 0 Å². The molecule has 0 bridgehead atoms. The largest absolute Gasteiger partial charge is 0.368 e.